The first-order valence-electron chi connectivity index (χ1n) is 8.30. The predicted octanol–water partition coefficient (Wildman–Crippen LogP) is 4.03. The van der Waals surface area contributed by atoms with E-state index in [1.165, 1.54) is 12.3 Å². The van der Waals surface area contributed by atoms with Crippen molar-refractivity contribution in [2.45, 2.75) is 58.4 Å². The van der Waals surface area contributed by atoms with E-state index in [9.17, 15) is 19.1 Å². The molecule has 0 saturated heterocycles. The third kappa shape index (κ3) is 2.52. The zero-order valence-electron chi connectivity index (χ0n) is 14.4. The Kier molecular flexibility index (Phi) is 3.78. The number of fused-ring (bicyclic) bond motifs is 1. The Bertz CT molecular complexity index is 902. The van der Waals surface area contributed by atoms with Crippen LogP contribution < -0.4 is 5.43 Å². The molecule has 1 aliphatic carbocycles. The van der Waals surface area contributed by atoms with Crippen LogP contribution in [0.25, 0.3) is 10.9 Å². The standard InChI is InChI=1S/C19H22FNO3/c1-5-11-15(19(2,3)4)14(20)8-12-16(11)21(10-6-7-10)9-13(17(12)22)18(23)24/h8-10H,5-7H2,1-4H3,(H,23,24). The summed E-state index contributed by atoms with van der Waals surface area (Å²) in [6.07, 6.45) is 3.92. The number of pyridine rings is 1. The summed E-state index contributed by atoms with van der Waals surface area (Å²) in [6, 6.07) is 1.41. The Balaban J connectivity index is 2.54. The largest absolute Gasteiger partial charge is 0.477 e. The van der Waals surface area contributed by atoms with Crippen LogP contribution in [0.4, 0.5) is 4.39 Å². The molecule has 5 heteroatoms. The lowest BCUT2D eigenvalue weighted by Crippen LogP contribution is -2.23. The van der Waals surface area contributed by atoms with Crippen LogP contribution >= 0.6 is 0 Å². The zero-order chi connectivity index (χ0) is 17.8. The van der Waals surface area contributed by atoms with Crippen molar-refractivity contribution >= 4 is 16.9 Å². The van der Waals surface area contributed by atoms with Crippen LogP contribution in [0.1, 0.15) is 68.1 Å². The van der Waals surface area contributed by atoms with Crippen LogP contribution in [0, 0.1) is 5.82 Å². The molecule has 1 aliphatic rings. The van der Waals surface area contributed by atoms with Crippen LogP contribution in [0.3, 0.4) is 0 Å². The summed E-state index contributed by atoms with van der Waals surface area (Å²) in [5.41, 5.74) is 0.802. The fourth-order valence-corrected chi connectivity index (χ4v) is 3.52. The summed E-state index contributed by atoms with van der Waals surface area (Å²) < 4.78 is 16.7. The number of carboxylic acids is 1. The van der Waals surface area contributed by atoms with Gasteiger partial charge in [-0.1, -0.05) is 27.7 Å². The molecule has 24 heavy (non-hydrogen) atoms. The van der Waals surface area contributed by atoms with Crippen LogP contribution in [0.2, 0.25) is 0 Å². The molecule has 1 saturated carbocycles. The second kappa shape index (κ2) is 5.43. The van der Waals surface area contributed by atoms with Gasteiger partial charge in [-0.15, -0.1) is 0 Å². The molecule has 0 bridgehead atoms. The maximum Gasteiger partial charge on any atom is 0.341 e. The smallest absolute Gasteiger partial charge is 0.341 e. The van der Waals surface area contributed by atoms with Gasteiger partial charge in [0.2, 0.25) is 5.43 Å². The van der Waals surface area contributed by atoms with Gasteiger partial charge in [-0.3, -0.25) is 4.79 Å². The first kappa shape index (κ1) is 16.7. The summed E-state index contributed by atoms with van der Waals surface area (Å²) in [4.78, 5) is 24.0. The minimum Gasteiger partial charge on any atom is -0.477 e. The first-order valence-corrected chi connectivity index (χ1v) is 8.30. The zero-order valence-corrected chi connectivity index (χ0v) is 14.4. The average molecular weight is 331 g/mol. The molecule has 1 aromatic carbocycles. The maximum absolute atomic E-state index is 14.8. The number of hydrogen-bond donors (Lipinski definition) is 1. The molecule has 0 aliphatic heterocycles. The van der Waals surface area contributed by atoms with Crippen molar-refractivity contribution in [1.82, 2.24) is 4.57 Å². The highest BCUT2D eigenvalue weighted by Crippen LogP contribution is 2.40. The van der Waals surface area contributed by atoms with Crippen molar-refractivity contribution in [1.29, 1.82) is 0 Å². The van der Waals surface area contributed by atoms with Gasteiger partial charge < -0.3 is 9.67 Å². The number of benzene rings is 1. The summed E-state index contributed by atoms with van der Waals surface area (Å²) in [7, 11) is 0. The topological polar surface area (TPSA) is 59.3 Å². The number of rotatable bonds is 3. The van der Waals surface area contributed by atoms with Crippen molar-refractivity contribution < 1.29 is 14.3 Å². The molecule has 128 valence electrons. The Morgan fingerprint density at radius 3 is 2.46 bits per heavy atom. The molecule has 1 aromatic heterocycles. The van der Waals surface area contributed by atoms with Crippen LogP contribution in [0.5, 0.6) is 0 Å². The number of aromatic carboxylic acids is 1. The number of aromatic nitrogens is 1. The van der Waals surface area contributed by atoms with Gasteiger partial charge in [0.05, 0.1) is 5.52 Å². The average Bonchev–Trinajstić information content (AvgIpc) is 3.29. The van der Waals surface area contributed by atoms with E-state index < -0.39 is 22.6 Å². The first-order chi connectivity index (χ1) is 11.2. The number of hydrogen-bond acceptors (Lipinski definition) is 2. The monoisotopic (exact) mass is 331 g/mol. The lowest BCUT2D eigenvalue weighted by Gasteiger charge is -2.26. The molecule has 3 rings (SSSR count). The Hall–Kier alpha value is -2.17. The van der Waals surface area contributed by atoms with E-state index in [2.05, 4.69) is 0 Å². The molecule has 0 atom stereocenters. The minimum atomic E-state index is -1.27. The van der Waals surface area contributed by atoms with E-state index in [-0.39, 0.29) is 17.0 Å². The van der Waals surface area contributed by atoms with Crippen molar-refractivity contribution in [3.05, 3.63) is 45.0 Å². The SMILES string of the molecule is CCc1c(C(C)(C)C)c(F)cc2c(=O)c(C(=O)O)cn(C3CC3)c12. The fraction of sp³-hybridized carbons (Fsp3) is 0.474. The van der Waals surface area contributed by atoms with Crippen molar-refractivity contribution in [3.63, 3.8) is 0 Å². The third-order valence-electron chi connectivity index (χ3n) is 4.64. The fourth-order valence-electron chi connectivity index (χ4n) is 3.52. The Morgan fingerprint density at radius 2 is 2.00 bits per heavy atom. The van der Waals surface area contributed by atoms with E-state index in [0.717, 1.165) is 18.4 Å². The van der Waals surface area contributed by atoms with Crippen LogP contribution in [0.15, 0.2) is 17.1 Å². The lowest BCUT2D eigenvalue weighted by atomic mass is 9.81. The molecule has 1 fully saturated rings. The number of carboxylic acid groups (broad SMARTS) is 1. The molecule has 0 radical (unpaired) electrons. The molecule has 0 spiro atoms. The number of halogens is 1. The lowest BCUT2D eigenvalue weighted by molar-refractivity contribution is 0.0695. The van der Waals surface area contributed by atoms with Crippen LogP contribution in [-0.2, 0) is 11.8 Å². The second-order valence-corrected chi connectivity index (χ2v) is 7.53. The molecule has 1 heterocycles. The van der Waals surface area contributed by atoms with E-state index in [1.54, 1.807) is 0 Å². The normalized spacial score (nSPS) is 15.0. The Morgan fingerprint density at radius 1 is 1.38 bits per heavy atom. The van der Waals surface area contributed by atoms with Crippen molar-refractivity contribution in [2.24, 2.45) is 0 Å². The highest BCUT2D eigenvalue weighted by atomic mass is 19.1. The van der Waals surface area contributed by atoms with Crippen molar-refractivity contribution in [3.8, 4) is 0 Å². The van der Waals surface area contributed by atoms with E-state index in [1.807, 2.05) is 32.3 Å². The minimum absolute atomic E-state index is 0.171. The van der Waals surface area contributed by atoms with E-state index in [4.69, 9.17) is 0 Å². The molecule has 0 unspecified atom stereocenters. The number of aryl methyl sites for hydroxylation is 1. The van der Waals surface area contributed by atoms with Gasteiger partial charge in [0.1, 0.15) is 11.4 Å². The van der Waals surface area contributed by atoms with E-state index in [0.29, 0.717) is 17.5 Å². The van der Waals surface area contributed by atoms with Gasteiger partial charge in [-0.05, 0) is 41.9 Å². The number of nitrogens with zero attached hydrogens (tertiary/aromatic N) is 1. The van der Waals surface area contributed by atoms with Crippen molar-refractivity contribution in [2.75, 3.05) is 0 Å². The molecular weight excluding hydrogens is 309 g/mol. The van der Waals surface area contributed by atoms with Crippen LogP contribution in [-0.4, -0.2) is 15.6 Å². The Labute approximate surface area is 139 Å². The third-order valence-corrected chi connectivity index (χ3v) is 4.64. The van der Waals surface area contributed by atoms with Gasteiger partial charge in [-0.2, -0.15) is 0 Å². The number of carbonyl (C=O) groups is 1. The molecule has 2 aromatic rings. The summed E-state index contributed by atoms with van der Waals surface area (Å²) in [6.45, 7) is 7.78. The van der Waals surface area contributed by atoms with Gasteiger partial charge >= 0.3 is 5.97 Å². The predicted molar refractivity (Wildman–Crippen MR) is 91.5 cm³/mol. The summed E-state index contributed by atoms with van der Waals surface area (Å²) in [5.74, 6) is -1.71. The van der Waals surface area contributed by atoms with Gasteiger partial charge in [0, 0.05) is 17.6 Å². The van der Waals surface area contributed by atoms with Gasteiger partial charge in [0.15, 0.2) is 0 Å². The molecular formula is C19H22FNO3. The second-order valence-electron chi connectivity index (χ2n) is 7.53. The highest BCUT2D eigenvalue weighted by molar-refractivity contribution is 5.94. The molecule has 1 N–H and O–H groups in total. The molecule has 0 amide bonds. The summed E-state index contributed by atoms with van der Waals surface area (Å²) >= 11 is 0. The van der Waals surface area contributed by atoms with Gasteiger partial charge in [0.25, 0.3) is 0 Å². The maximum atomic E-state index is 14.8. The summed E-state index contributed by atoms with van der Waals surface area (Å²) in [5, 5.41) is 9.49. The van der Waals surface area contributed by atoms with E-state index >= 15 is 0 Å². The van der Waals surface area contributed by atoms with Gasteiger partial charge in [-0.25, -0.2) is 9.18 Å². The highest BCUT2D eigenvalue weighted by Gasteiger charge is 2.31. The molecule has 4 nitrogen and oxygen atoms in total. The quantitative estimate of drug-likeness (QED) is 0.923.